The molecule has 0 aromatic heterocycles. The lowest BCUT2D eigenvalue weighted by molar-refractivity contribution is -0.145. The molecule has 0 saturated carbocycles. The predicted molar refractivity (Wildman–Crippen MR) is 99.3 cm³/mol. The average Bonchev–Trinajstić information content (AvgIpc) is 2.62. The quantitative estimate of drug-likeness (QED) is 0.772. The van der Waals surface area contributed by atoms with Crippen LogP contribution in [0.15, 0.2) is 60.7 Å². The molecule has 0 radical (unpaired) electrons. The average molecular weight is 363 g/mol. The Morgan fingerprint density at radius 3 is 2.12 bits per heavy atom. The molecular formula is C19H23ClN2O3. The molecule has 2 unspecified atom stereocenters. The molecule has 0 fully saturated rings. The highest BCUT2D eigenvalue weighted by Gasteiger charge is 2.33. The van der Waals surface area contributed by atoms with Crippen LogP contribution in [0.5, 0.6) is 0 Å². The van der Waals surface area contributed by atoms with E-state index in [0.717, 1.165) is 5.56 Å². The number of carbonyl (C=O) groups is 2. The normalized spacial score (nSPS) is 13.7. The second-order valence-electron chi connectivity index (χ2n) is 5.81. The Labute approximate surface area is 154 Å². The van der Waals surface area contributed by atoms with Gasteiger partial charge < -0.3 is 15.8 Å². The zero-order valence-corrected chi connectivity index (χ0v) is 15.1. The fourth-order valence-corrected chi connectivity index (χ4v) is 2.41. The highest BCUT2D eigenvalue weighted by atomic mass is 35.5. The van der Waals surface area contributed by atoms with Crippen molar-refractivity contribution >= 4 is 24.3 Å². The number of hydrogen-bond donors (Lipinski definition) is 2. The molecule has 2 rings (SSSR count). The molecule has 25 heavy (non-hydrogen) atoms. The SMILES string of the molecule is COC(=O)C(Cc1ccccc1)NC(=O)C(C)(N)c1ccccc1.Cl. The van der Waals surface area contributed by atoms with E-state index in [1.807, 2.05) is 48.5 Å². The molecule has 6 heteroatoms. The maximum atomic E-state index is 12.6. The smallest absolute Gasteiger partial charge is 0.328 e. The third-order valence-electron chi connectivity index (χ3n) is 3.92. The van der Waals surface area contributed by atoms with Crippen LogP contribution in [0.1, 0.15) is 18.1 Å². The molecular weight excluding hydrogens is 340 g/mol. The Balaban J connectivity index is 0.00000312. The van der Waals surface area contributed by atoms with Gasteiger partial charge in [-0.1, -0.05) is 60.7 Å². The number of hydrogen-bond acceptors (Lipinski definition) is 4. The summed E-state index contributed by atoms with van der Waals surface area (Å²) in [5.74, 6) is -0.934. The van der Waals surface area contributed by atoms with Crippen molar-refractivity contribution in [2.45, 2.75) is 24.9 Å². The Morgan fingerprint density at radius 1 is 1.08 bits per heavy atom. The van der Waals surface area contributed by atoms with Crippen molar-refractivity contribution in [1.29, 1.82) is 0 Å². The van der Waals surface area contributed by atoms with Crippen LogP contribution >= 0.6 is 12.4 Å². The largest absolute Gasteiger partial charge is 0.467 e. The first kappa shape index (κ1) is 20.7. The predicted octanol–water partition coefficient (Wildman–Crippen LogP) is 2.18. The van der Waals surface area contributed by atoms with Crippen LogP contribution in [-0.2, 0) is 26.3 Å². The Bertz CT molecular complexity index is 690. The van der Waals surface area contributed by atoms with E-state index < -0.39 is 23.5 Å². The van der Waals surface area contributed by atoms with Gasteiger partial charge in [0.2, 0.25) is 5.91 Å². The number of ether oxygens (including phenoxy) is 1. The van der Waals surface area contributed by atoms with Crippen molar-refractivity contribution in [3.63, 3.8) is 0 Å². The van der Waals surface area contributed by atoms with Gasteiger partial charge in [-0.05, 0) is 18.1 Å². The Morgan fingerprint density at radius 2 is 1.60 bits per heavy atom. The van der Waals surface area contributed by atoms with E-state index in [1.54, 1.807) is 19.1 Å². The number of carbonyl (C=O) groups excluding carboxylic acids is 2. The molecule has 2 aromatic rings. The van der Waals surface area contributed by atoms with Crippen molar-refractivity contribution in [3.05, 3.63) is 71.8 Å². The molecule has 0 saturated heterocycles. The molecule has 2 aromatic carbocycles. The maximum Gasteiger partial charge on any atom is 0.328 e. The summed E-state index contributed by atoms with van der Waals surface area (Å²) < 4.78 is 4.81. The minimum Gasteiger partial charge on any atom is -0.467 e. The summed E-state index contributed by atoms with van der Waals surface area (Å²) in [5.41, 5.74) is 6.55. The first-order chi connectivity index (χ1) is 11.4. The van der Waals surface area contributed by atoms with E-state index in [0.29, 0.717) is 12.0 Å². The van der Waals surface area contributed by atoms with Gasteiger partial charge in [-0.15, -0.1) is 12.4 Å². The summed E-state index contributed by atoms with van der Waals surface area (Å²) in [7, 11) is 1.30. The van der Waals surface area contributed by atoms with Crippen molar-refractivity contribution in [3.8, 4) is 0 Å². The first-order valence-corrected chi connectivity index (χ1v) is 7.72. The summed E-state index contributed by atoms with van der Waals surface area (Å²) >= 11 is 0. The van der Waals surface area contributed by atoms with Crippen LogP contribution < -0.4 is 11.1 Å². The van der Waals surface area contributed by atoms with Crippen LogP contribution in [0.3, 0.4) is 0 Å². The van der Waals surface area contributed by atoms with Crippen LogP contribution in [0.25, 0.3) is 0 Å². The second-order valence-corrected chi connectivity index (χ2v) is 5.81. The fourth-order valence-electron chi connectivity index (χ4n) is 2.41. The Hall–Kier alpha value is -2.37. The molecule has 0 aliphatic heterocycles. The number of rotatable bonds is 6. The minimum atomic E-state index is -1.25. The van der Waals surface area contributed by atoms with Gasteiger partial charge in [-0.2, -0.15) is 0 Å². The molecule has 0 aliphatic rings. The highest BCUT2D eigenvalue weighted by Crippen LogP contribution is 2.18. The molecule has 1 amide bonds. The van der Waals surface area contributed by atoms with E-state index in [4.69, 9.17) is 10.5 Å². The lowest BCUT2D eigenvalue weighted by Crippen LogP contribution is -2.54. The number of nitrogens with two attached hydrogens (primary N) is 1. The van der Waals surface area contributed by atoms with Gasteiger partial charge in [0.1, 0.15) is 11.6 Å². The van der Waals surface area contributed by atoms with Crippen LogP contribution in [0.4, 0.5) is 0 Å². The zero-order valence-electron chi connectivity index (χ0n) is 14.3. The van der Waals surface area contributed by atoms with Gasteiger partial charge in [-0.3, -0.25) is 4.79 Å². The van der Waals surface area contributed by atoms with E-state index in [1.165, 1.54) is 7.11 Å². The van der Waals surface area contributed by atoms with E-state index >= 15 is 0 Å². The summed E-state index contributed by atoms with van der Waals surface area (Å²) in [6, 6.07) is 17.7. The van der Waals surface area contributed by atoms with Crippen LogP contribution in [0.2, 0.25) is 0 Å². The second kappa shape index (κ2) is 9.20. The summed E-state index contributed by atoms with van der Waals surface area (Å²) in [6.07, 6.45) is 0.337. The summed E-state index contributed by atoms with van der Waals surface area (Å²) in [6.45, 7) is 1.62. The monoisotopic (exact) mass is 362 g/mol. The van der Waals surface area contributed by atoms with E-state index in [9.17, 15) is 9.59 Å². The molecule has 0 bridgehead atoms. The molecule has 0 spiro atoms. The topological polar surface area (TPSA) is 81.4 Å². The third-order valence-corrected chi connectivity index (χ3v) is 3.92. The van der Waals surface area contributed by atoms with Gasteiger partial charge in [-0.25, -0.2) is 4.79 Å². The minimum absolute atomic E-state index is 0. The lowest BCUT2D eigenvalue weighted by atomic mass is 9.91. The third kappa shape index (κ3) is 5.31. The van der Waals surface area contributed by atoms with Crippen molar-refractivity contribution in [2.24, 2.45) is 5.73 Å². The highest BCUT2D eigenvalue weighted by molar-refractivity contribution is 5.91. The van der Waals surface area contributed by atoms with Gasteiger partial charge in [0, 0.05) is 6.42 Å². The summed E-state index contributed by atoms with van der Waals surface area (Å²) in [5, 5.41) is 2.72. The van der Waals surface area contributed by atoms with Crippen molar-refractivity contribution in [2.75, 3.05) is 7.11 Å². The standard InChI is InChI=1S/C19H22N2O3.ClH/c1-19(20,15-11-7-4-8-12-15)18(23)21-16(17(22)24-2)13-14-9-5-3-6-10-14;/h3-12,16H,13,20H2,1-2H3,(H,21,23);1H. The van der Waals surface area contributed by atoms with Gasteiger partial charge >= 0.3 is 5.97 Å². The van der Waals surface area contributed by atoms with Crippen molar-refractivity contribution in [1.82, 2.24) is 5.32 Å². The number of benzene rings is 2. The van der Waals surface area contributed by atoms with E-state index in [-0.39, 0.29) is 12.4 Å². The van der Waals surface area contributed by atoms with Gasteiger partial charge in [0.25, 0.3) is 0 Å². The van der Waals surface area contributed by atoms with Gasteiger partial charge in [0.05, 0.1) is 7.11 Å². The molecule has 0 aliphatic carbocycles. The fraction of sp³-hybridized carbons (Fsp3) is 0.263. The van der Waals surface area contributed by atoms with E-state index in [2.05, 4.69) is 5.32 Å². The number of methoxy groups -OCH3 is 1. The number of amides is 1. The summed E-state index contributed by atoms with van der Waals surface area (Å²) in [4.78, 5) is 24.7. The number of nitrogens with one attached hydrogen (secondary N) is 1. The molecule has 2 atom stereocenters. The maximum absolute atomic E-state index is 12.6. The van der Waals surface area contributed by atoms with Crippen molar-refractivity contribution < 1.29 is 14.3 Å². The van der Waals surface area contributed by atoms with Crippen LogP contribution in [-0.4, -0.2) is 25.0 Å². The number of halogens is 1. The van der Waals surface area contributed by atoms with Crippen LogP contribution in [0, 0.1) is 0 Å². The molecule has 134 valence electrons. The van der Waals surface area contributed by atoms with Gasteiger partial charge in [0.15, 0.2) is 0 Å². The number of esters is 1. The Kier molecular flexibility index (Phi) is 7.61. The molecule has 5 nitrogen and oxygen atoms in total. The lowest BCUT2D eigenvalue weighted by Gasteiger charge is -2.27. The first-order valence-electron chi connectivity index (χ1n) is 7.72. The molecule has 0 heterocycles. The molecule has 3 N–H and O–H groups in total. The zero-order chi connectivity index (χ0) is 17.6.